The average molecular weight is 198 g/mol. The Bertz CT molecular complexity index is 155. The van der Waals surface area contributed by atoms with E-state index in [1.54, 1.807) is 0 Å². The summed E-state index contributed by atoms with van der Waals surface area (Å²) in [6.45, 7) is 7.36. The highest BCUT2D eigenvalue weighted by Gasteiger charge is 2.31. The van der Waals surface area contributed by atoms with Gasteiger partial charge >= 0.3 is 0 Å². The summed E-state index contributed by atoms with van der Waals surface area (Å²) in [5, 5.41) is 9.29. The first-order valence-corrected chi connectivity index (χ1v) is 6.29. The maximum Gasteiger partial charge on any atom is 0.0461 e. The van der Waals surface area contributed by atoms with Crippen LogP contribution in [0, 0.1) is 23.7 Å². The zero-order valence-electron chi connectivity index (χ0n) is 10.00. The van der Waals surface area contributed by atoms with Crippen molar-refractivity contribution in [3.05, 3.63) is 0 Å². The van der Waals surface area contributed by atoms with Gasteiger partial charge in [0.05, 0.1) is 0 Å². The molecule has 0 saturated heterocycles. The molecule has 0 aromatic heterocycles. The summed E-state index contributed by atoms with van der Waals surface area (Å²) in [6.07, 6.45) is 6.63. The van der Waals surface area contributed by atoms with Crippen molar-refractivity contribution in [2.24, 2.45) is 23.7 Å². The summed E-state index contributed by atoms with van der Waals surface area (Å²) in [4.78, 5) is 0. The largest absolute Gasteiger partial charge is 0.396 e. The Morgan fingerprint density at radius 3 is 2.29 bits per heavy atom. The summed E-state index contributed by atoms with van der Waals surface area (Å²) in [7, 11) is 0. The molecule has 84 valence electrons. The maximum absolute atomic E-state index is 9.29. The fourth-order valence-corrected chi connectivity index (χ4v) is 2.95. The second kappa shape index (κ2) is 5.75. The van der Waals surface area contributed by atoms with Gasteiger partial charge in [-0.1, -0.05) is 40.0 Å². The van der Waals surface area contributed by atoms with E-state index in [-0.39, 0.29) is 0 Å². The topological polar surface area (TPSA) is 20.2 Å². The molecule has 1 fully saturated rings. The smallest absolute Gasteiger partial charge is 0.0461 e. The number of rotatable bonds is 4. The molecule has 1 rings (SSSR count). The van der Waals surface area contributed by atoms with Crippen molar-refractivity contribution in [2.75, 3.05) is 6.61 Å². The Hall–Kier alpha value is -0.0400. The molecule has 1 N–H and O–H groups in total. The van der Waals surface area contributed by atoms with Gasteiger partial charge in [0.2, 0.25) is 0 Å². The van der Waals surface area contributed by atoms with Crippen LogP contribution in [0.25, 0.3) is 0 Å². The molecule has 4 atom stereocenters. The van der Waals surface area contributed by atoms with Gasteiger partial charge in [-0.05, 0) is 36.5 Å². The van der Waals surface area contributed by atoms with Crippen molar-refractivity contribution in [1.29, 1.82) is 0 Å². The van der Waals surface area contributed by atoms with Crippen LogP contribution in [0.5, 0.6) is 0 Å². The van der Waals surface area contributed by atoms with E-state index < -0.39 is 0 Å². The molecule has 1 aliphatic carbocycles. The van der Waals surface area contributed by atoms with Gasteiger partial charge in [-0.2, -0.15) is 0 Å². The number of aliphatic hydroxyl groups is 1. The van der Waals surface area contributed by atoms with Crippen molar-refractivity contribution in [3.8, 4) is 0 Å². The first-order chi connectivity index (χ1) is 6.69. The van der Waals surface area contributed by atoms with Crippen LogP contribution in [0.3, 0.4) is 0 Å². The van der Waals surface area contributed by atoms with E-state index in [1.807, 2.05) is 0 Å². The molecular formula is C13H26O. The predicted octanol–water partition coefficient (Wildman–Crippen LogP) is 3.47. The van der Waals surface area contributed by atoms with Crippen LogP contribution in [-0.4, -0.2) is 11.7 Å². The molecule has 0 aliphatic heterocycles. The van der Waals surface area contributed by atoms with Crippen LogP contribution in [-0.2, 0) is 0 Å². The maximum atomic E-state index is 9.29. The predicted molar refractivity (Wildman–Crippen MR) is 61.2 cm³/mol. The van der Waals surface area contributed by atoms with Gasteiger partial charge < -0.3 is 5.11 Å². The van der Waals surface area contributed by atoms with Gasteiger partial charge in [0, 0.05) is 6.61 Å². The molecule has 1 saturated carbocycles. The van der Waals surface area contributed by atoms with E-state index in [2.05, 4.69) is 20.8 Å². The minimum atomic E-state index is 0.399. The highest BCUT2D eigenvalue weighted by Crippen LogP contribution is 2.39. The molecule has 4 unspecified atom stereocenters. The van der Waals surface area contributed by atoms with Gasteiger partial charge in [0.25, 0.3) is 0 Å². The van der Waals surface area contributed by atoms with Crippen LogP contribution >= 0.6 is 0 Å². The third kappa shape index (κ3) is 2.98. The van der Waals surface area contributed by atoms with Gasteiger partial charge in [0.15, 0.2) is 0 Å². The van der Waals surface area contributed by atoms with E-state index in [4.69, 9.17) is 0 Å². The zero-order chi connectivity index (χ0) is 10.6. The lowest BCUT2D eigenvalue weighted by Gasteiger charge is -2.38. The van der Waals surface area contributed by atoms with Gasteiger partial charge in [0.1, 0.15) is 0 Å². The van der Waals surface area contributed by atoms with Crippen LogP contribution in [0.4, 0.5) is 0 Å². The van der Waals surface area contributed by atoms with E-state index in [1.165, 1.54) is 32.1 Å². The molecule has 0 heterocycles. The third-order valence-electron chi connectivity index (χ3n) is 4.12. The molecular weight excluding hydrogens is 172 g/mol. The van der Waals surface area contributed by atoms with E-state index in [0.717, 1.165) is 17.8 Å². The lowest BCUT2D eigenvalue weighted by molar-refractivity contribution is 0.0760. The van der Waals surface area contributed by atoms with E-state index in [9.17, 15) is 5.11 Å². The standard InChI is InChI=1S/C13H26O/c1-4-5-6-12-8-13(9-14)11(3)7-10(12)2/h10-14H,4-9H2,1-3H3. The number of hydrogen-bond acceptors (Lipinski definition) is 1. The summed E-state index contributed by atoms with van der Waals surface area (Å²) < 4.78 is 0. The Morgan fingerprint density at radius 1 is 1.07 bits per heavy atom. The Morgan fingerprint density at radius 2 is 1.71 bits per heavy atom. The number of hydrogen-bond donors (Lipinski definition) is 1. The minimum absolute atomic E-state index is 0.399. The first-order valence-electron chi connectivity index (χ1n) is 6.29. The molecule has 0 spiro atoms. The van der Waals surface area contributed by atoms with Crippen LogP contribution in [0.15, 0.2) is 0 Å². The summed E-state index contributed by atoms with van der Waals surface area (Å²) in [5.74, 6) is 3.06. The lowest BCUT2D eigenvalue weighted by Crippen LogP contribution is -2.31. The fraction of sp³-hybridized carbons (Fsp3) is 1.00. The van der Waals surface area contributed by atoms with Crippen molar-refractivity contribution in [1.82, 2.24) is 0 Å². The SMILES string of the molecule is CCCCC1CC(CO)C(C)CC1C. The minimum Gasteiger partial charge on any atom is -0.396 e. The number of aliphatic hydroxyl groups excluding tert-OH is 1. The summed E-state index contributed by atoms with van der Waals surface area (Å²) >= 11 is 0. The van der Waals surface area contributed by atoms with E-state index in [0.29, 0.717) is 12.5 Å². The van der Waals surface area contributed by atoms with Crippen molar-refractivity contribution >= 4 is 0 Å². The Kier molecular flexibility index (Phi) is 4.94. The normalized spacial score (nSPS) is 38.6. The average Bonchev–Trinajstić information content (AvgIpc) is 2.17. The van der Waals surface area contributed by atoms with Gasteiger partial charge in [-0.25, -0.2) is 0 Å². The molecule has 0 radical (unpaired) electrons. The molecule has 0 amide bonds. The molecule has 0 aromatic carbocycles. The summed E-state index contributed by atoms with van der Waals surface area (Å²) in [6, 6.07) is 0. The van der Waals surface area contributed by atoms with Gasteiger partial charge in [-0.15, -0.1) is 0 Å². The fourth-order valence-electron chi connectivity index (χ4n) is 2.95. The highest BCUT2D eigenvalue weighted by atomic mass is 16.3. The molecule has 0 aromatic rings. The number of unbranched alkanes of at least 4 members (excludes halogenated alkanes) is 1. The molecule has 1 nitrogen and oxygen atoms in total. The Balaban J connectivity index is 2.42. The van der Waals surface area contributed by atoms with Crippen LogP contribution in [0.2, 0.25) is 0 Å². The van der Waals surface area contributed by atoms with Crippen LogP contribution < -0.4 is 0 Å². The van der Waals surface area contributed by atoms with E-state index >= 15 is 0 Å². The summed E-state index contributed by atoms with van der Waals surface area (Å²) in [5.41, 5.74) is 0. The quantitative estimate of drug-likeness (QED) is 0.733. The molecule has 1 aliphatic rings. The second-order valence-electron chi connectivity index (χ2n) is 5.27. The monoisotopic (exact) mass is 198 g/mol. The lowest BCUT2D eigenvalue weighted by atomic mass is 9.68. The van der Waals surface area contributed by atoms with Gasteiger partial charge in [-0.3, -0.25) is 0 Å². The Labute approximate surface area is 88.9 Å². The van der Waals surface area contributed by atoms with Crippen molar-refractivity contribution < 1.29 is 5.11 Å². The third-order valence-corrected chi connectivity index (χ3v) is 4.12. The molecule has 14 heavy (non-hydrogen) atoms. The highest BCUT2D eigenvalue weighted by molar-refractivity contribution is 4.81. The first kappa shape index (κ1) is 12.0. The van der Waals surface area contributed by atoms with Crippen molar-refractivity contribution in [3.63, 3.8) is 0 Å². The van der Waals surface area contributed by atoms with Crippen molar-refractivity contribution in [2.45, 2.75) is 52.9 Å². The molecule has 1 heteroatoms. The second-order valence-corrected chi connectivity index (χ2v) is 5.27. The molecule has 0 bridgehead atoms. The zero-order valence-corrected chi connectivity index (χ0v) is 10.00. The van der Waals surface area contributed by atoms with Crippen LogP contribution in [0.1, 0.15) is 52.9 Å².